The van der Waals surface area contributed by atoms with Gasteiger partial charge in [0.2, 0.25) is 5.91 Å². The molecule has 1 amide bonds. The predicted molar refractivity (Wildman–Crippen MR) is 93.4 cm³/mol. The predicted octanol–water partition coefficient (Wildman–Crippen LogP) is 3.04. The zero-order valence-electron chi connectivity index (χ0n) is 14.0. The summed E-state index contributed by atoms with van der Waals surface area (Å²) in [6.07, 6.45) is 3.18. The molecule has 0 aliphatic heterocycles. The Morgan fingerprint density at radius 1 is 1.00 bits per heavy atom. The lowest BCUT2D eigenvalue weighted by Crippen LogP contribution is -2.20. The van der Waals surface area contributed by atoms with E-state index in [-0.39, 0.29) is 5.91 Å². The first-order valence-corrected chi connectivity index (χ1v) is 7.47. The summed E-state index contributed by atoms with van der Waals surface area (Å²) in [6, 6.07) is 13.0. The van der Waals surface area contributed by atoms with E-state index in [0.29, 0.717) is 18.0 Å². The number of methoxy groups -OCH3 is 3. The van der Waals surface area contributed by atoms with Crippen LogP contribution in [0.25, 0.3) is 6.08 Å². The maximum atomic E-state index is 12.0. The third-order valence-corrected chi connectivity index (χ3v) is 3.46. The minimum Gasteiger partial charge on any atom is -0.497 e. The maximum absolute atomic E-state index is 12.0. The Balaban J connectivity index is 1.97. The van der Waals surface area contributed by atoms with Crippen LogP contribution in [0, 0.1) is 0 Å². The molecule has 0 aromatic heterocycles. The molecule has 1 N–H and O–H groups in total. The molecule has 0 radical (unpaired) electrons. The standard InChI is InChI=1S/C19H21NO4/c1-22-16-6-4-5-14(11-16)13-20-19(21)10-8-15-7-9-17(23-2)12-18(15)24-3/h4-12H,13H2,1-3H3,(H,20,21). The van der Waals surface area contributed by atoms with Gasteiger partial charge >= 0.3 is 0 Å². The van der Waals surface area contributed by atoms with E-state index < -0.39 is 0 Å². The Labute approximate surface area is 141 Å². The lowest BCUT2D eigenvalue weighted by molar-refractivity contribution is -0.116. The fourth-order valence-electron chi connectivity index (χ4n) is 2.15. The molecule has 2 aromatic rings. The number of ether oxygens (including phenoxy) is 3. The Morgan fingerprint density at radius 3 is 2.46 bits per heavy atom. The summed E-state index contributed by atoms with van der Waals surface area (Å²) in [7, 11) is 4.79. The van der Waals surface area contributed by atoms with Crippen LogP contribution < -0.4 is 19.5 Å². The van der Waals surface area contributed by atoms with Crippen LogP contribution in [0.4, 0.5) is 0 Å². The number of carbonyl (C=O) groups is 1. The zero-order valence-corrected chi connectivity index (χ0v) is 14.0. The first kappa shape index (κ1) is 17.4. The van der Waals surface area contributed by atoms with Gasteiger partial charge in [-0.2, -0.15) is 0 Å². The first-order chi connectivity index (χ1) is 11.7. The molecule has 5 heteroatoms. The van der Waals surface area contributed by atoms with Crippen molar-refractivity contribution in [1.82, 2.24) is 5.32 Å². The average Bonchev–Trinajstić information content (AvgIpc) is 2.64. The minimum atomic E-state index is -0.185. The maximum Gasteiger partial charge on any atom is 0.244 e. The van der Waals surface area contributed by atoms with E-state index >= 15 is 0 Å². The molecule has 0 bridgehead atoms. The molecule has 126 valence electrons. The molecule has 0 saturated heterocycles. The fraction of sp³-hybridized carbons (Fsp3) is 0.211. The second-order valence-electron chi connectivity index (χ2n) is 5.01. The van der Waals surface area contributed by atoms with E-state index in [2.05, 4.69) is 5.32 Å². The van der Waals surface area contributed by atoms with Gasteiger partial charge < -0.3 is 19.5 Å². The lowest BCUT2D eigenvalue weighted by atomic mass is 10.1. The molecule has 0 unspecified atom stereocenters. The molecule has 5 nitrogen and oxygen atoms in total. The van der Waals surface area contributed by atoms with Crippen molar-refractivity contribution in [2.24, 2.45) is 0 Å². The van der Waals surface area contributed by atoms with Crippen molar-refractivity contribution < 1.29 is 19.0 Å². The Hall–Kier alpha value is -2.95. The topological polar surface area (TPSA) is 56.8 Å². The molecule has 0 fully saturated rings. The Morgan fingerprint density at radius 2 is 1.75 bits per heavy atom. The van der Waals surface area contributed by atoms with Crippen molar-refractivity contribution in [2.75, 3.05) is 21.3 Å². The molecule has 0 spiro atoms. The summed E-state index contributed by atoms with van der Waals surface area (Å²) in [6.45, 7) is 0.431. The summed E-state index contributed by atoms with van der Waals surface area (Å²) in [5, 5.41) is 2.83. The smallest absolute Gasteiger partial charge is 0.244 e. The second-order valence-corrected chi connectivity index (χ2v) is 5.01. The highest BCUT2D eigenvalue weighted by Crippen LogP contribution is 2.25. The van der Waals surface area contributed by atoms with Gasteiger partial charge in [-0.05, 0) is 35.9 Å². The molecule has 24 heavy (non-hydrogen) atoms. The third-order valence-electron chi connectivity index (χ3n) is 3.46. The number of rotatable bonds is 7. The van der Waals surface area contributed by atoms with Gasteiger partial charge in [-0.15, -0.1) is 0 Å². The van der Waals surface area contributed by atoms with Crippen LogP contribution in [-0.2, 0) is 11.3 Å². The number of hydrogen-bond acceptors (Lipinski definition) is 4. The van der Waals surface area contributed by atoms with Crippen molar-refractivity contribution in [2.45, 2.75) is 6.54 Å². The van der Waals surface area contributed by atoms with Crippen molar-refractivity contribution in [3.05, 3.63) is 59.7 Å². The van der Waals surface area contributed by atoms with E-state index in [1.807, 2.05) is 36.4 Å². The third kappa shape index (κ3) is 4.78. The van der Waals surface area contributed by atoms with Crippen LogP contribution in [0.2, 0.25) is 0 Å². The summed E-state index contributed by atoms with van der Waals surface area (Å²) >= 11 is 0. The van der Waals surface area contributed by atoms with Crippen LogP contribution >= 0.6 is 0 Å². The summed E-state index contributed by atoms with van der Waals surface area (Å²) in [5.74, 6) is 1.92. The monoisotopic (exact) mass is 327 g/mol. The van der Waals surface area contributed by atoms with Gasteiger partial charge in [0, 0.05) is 24.3 Å². The molecule has 0 atom stereocenters. The zero-order chi connectivity index (χ0) is 17.4. The molecule has 0 aliphatic rings. The summed E-state index contributed by atoms with van der Waals surface area (Å²) in [5.41, 5.74) is 1.77. The first-order valence-electron chi connectivity index (χ1n) is 7.47. The molecule has 2 rings (SSSR count). The van der Waals surface area contributed by atoms with Crippen molar-refractivity contribution in [3.8, 4) is 17.2 Å². The number of benzene rings is 2. The molecule has 0 saturated carbocycles. The van der Waals surface area contributed by atoms with Gasteiger partial charge in [-0.3, -0.25) is 4.79 Å². The van der Waals surface area contributed by atoms with Crippen molar-refractivity contribution in [3.63, 3.8) is 0 Å². The number of carbonyl (C=O) groups excluding carboxylic acids is 1. The molecular weight excluding hydrogens is 306 g/mol. The number of amides is 1. The van der Waals surface area contributed by atoms with Gasteiger partial charge in [0.25, 0.3) is 0 Å². The van der Waals surface area contributed by atoms with Crippen LogP contribution in [0.1, 0.15) is 11.1 Å². The Bertz CT molecular complexity index is 725. The van der Waals surface area contributed by atoms with Crippen LogP contribution in [0.5, 0.6) is 17.2 Å². The quantitative estimate of drug-likeness (QED) is 0.794. The summed E-state index contributed by atoms with van der Waals surface area (Å²) in [4.78, 5) is 12.0. The van der Waals surface area contributed by atoms with Gasteiger partial charge in [-0.25, -0.2) is 0 Å². The number of nitrogens with one attached hydrogen (secondary N) is 1. The number of hydrogen-bond donors (Lipinski definition) is 1. The van der Waals surface area contributed by atoms with E-state index in [0.717, 1.165) is 16.9 Å². The van der Waals surface area contributed by atoms with Crippen LogP contribution in [0.3, 0.4) is 0 Å². The van der Waals surface area contributed by atoms with Crippen LogP contribution in [-0.4, -0.2) is 27.2 Å². The van der Waals surface area contributed by atoms with Crippen molar-refractivity contribution >= 4 is 12.0 Å². The fourth-order valence-corrected chi connectivity index (χ4v) is 2.15. The lowest BCUT2D eigenvalue weighted by Gasteiger charge is -2.07. The van der Waals surface area contributed by atoms with E-state index in [4.69, 9.17) is 14.2 Å². The van der Waals surface area contributed by atoms with Crippen LogP contribution in [0.15, 0.2) is 48.5 Å². The molecule has 0 heterocycles. The highest BCUT2D eigenvalue weighted by molar-refractivity contribution is 5.92. The van der Waals surface area contributed by atoms with Gasteiger partial charge in [0.1, 0.15) is 17.2 Å². The molecule has 2 aromatic carbocycles. The minimum absolute atomic E-state index is 0.185. The second kappa shape index (κ2) is 8.62. The summed E-state index contributed by atoms with van der Waals surface area (Å²) < 4.78 is 15.6. The van der Waals surface area contributed by atoms with Gasteiger partial charge in [0.15, 0.2) is 0 Å². The van der Waals surface area contributed by atoms with Gasteiger partial charge in [-0.1, -0.05) is 12.1 Å². The van der Waals surface area contributed by atoms with Gasteiger partial charge in [0.05, 0.1) is 21.3 Å². The highest BCUT2D eigenvalue weighted by atomic mass is 16.5. The van der Waals surface area contributed by atoms with E-state index in [9.17, 15) is 4.79 Å². The molecular formula is C19H21NO4. The molecule has 0 aliphatic carbocycles. The normalized spacial score (nSPS) is 10.5. The van der Waals surface area contributed by atoms with Crippen molar-refractivity contribution in [1.29, 1.82) is 0 Å². The highest BCUT2D eigenvalue weighted by Gasteiger charge is 2.03. The average molecular weight is 327 g/mol. The van der Waals surface area contributed by atoms with E-state index in [1.54, 1.807) is 33.5 Å². The largest absolute Gasteiger partial charge is 0.497 e. The van der Waals surface area contributed by atoms with E-state index in [1.165, 1.54) is 6.08 Å². The SMILES string of the molecule is COc1cccc(CNC(=O)C=Cc2ccc(OC)cc2OC)c1. The Kier molecular flexibility index (Phi) is 6.25.